The van der Waals surface area contributed by atoms with Gasteiger partial charge in [-0.25, -0.2) is 4.79 Å². The Morgan fingerprint density at radius 1 is 1.32 bits per heavy atom. The molecule has 0 bridgehead atoms. The molecule has 2 aromatic heterocycles. The van der Waals surface area contributed by atoms with Crippen molar-refractivity contribution < 1.29 is 19.1 Å². The van der Waals surface area contributed by atoms with E-state index in [9.17, 15) is 14.4 Å². The number of thiophene rings is 1. The van der Waals surface area contributed by atoms with Gasteiger partial charge in [-0.2, -0.15) is 0 Å². The molecule has 28 heavy (non-hydrogen) atoms. The van der Waals surface area contributed by atoms with Gasteiger partial charge >= 0.3 is 5.97 Å². The quantitative estimate of drug-likeness (QED) is 0.724. The topological polar surface area (TPSA) is 103 Å². The van der Waals surface area contributed by atoms with Crippen molar-refractivity contribution in [3.05, 3.63) is 39.0 Å². The maximum absolute atomic E-state index is 12.6. The Bertz CT molecular complexity index is 957. The molecule has 1 atom stereocenters. The lowest BCUT2D eigenvalue weighted by molar-refractivity contribution is -0.123. The summed E-state index contributed by atoms with van der Waals surface area (Å²) in [6, 6.07) is 1.76. The lowest BCUT2D eigenvalue weighted by Crippen LogP contribution is -2.30. The smallest absolute Gasteiger partial charge is 0.340 e. The summed E-state index contributed by atoms with van der Waals surface area (Å²) < 4.78 is 7.37. The van der Waals surface area contributed by atoms with Gasteiger partial charge in [0.1, 0.15) is 5.00 Å². The van der Waals surface area contributed by atoms with Crippen LogP contribution in [0.15, 0.2) is 6.07 Å². The number of rotatable bonds is 6. The molecule has 0 spiro atoms. The summed E-state index contributed by atoms with van der Waals surface area (Å²) in [7, 11) is 0. The Kier molecular flexibility index (Phi) is 5.60. The van der Waals surface area contributed by atoms with Crippen molar-refractivity contribution in [3.8, 4) is 0 Å². The molecule has 1 aliphatic rings. The van der Waals surface area contributed by atoms with Crippen molar-refractivity contribution in [3.63, 3.8) is 0 Å². The molecule has 0 aliphatic heterocycles. The zero-order chi connectivity index (χ0) is 20.6. The molecule has 2 aromatic rings. The van der Waals surface area contributed by atoms with Gasteiger partial charge in [-0.1, -0.05) is 0 Å². The first-order valence-electron chi connectivity index (χ1n) is 9.37. The Labute approximate surface area is 167 Å². The average molecular weight is 404 g/mol. The first-order valence-corrected chi connectivity index (χ1v) is 10.2. The first kappa shape index (κ1) is 20.1. The van der Waals surface area contributed by atoms with E-state index in [-0.39, 0.29) is 0 Å². The molecular formula is C20H25N3O4S. The third kappa shape index (κ3) is 3.56. The Morgan fingerprint density at radius 2 is 2.04 bits per heavy atom. The summed E-state index contributed by atoms with van der Waals surface area (Å²) in [6.45, 7) is 8.03. The van der Waals surface area contributed by atoms with Gasteiger partial charge in [0.25, 0.3) is 11.8 Å². The number of nitrogens with two attached hydrogens (primary N) is 1. The number of aromatic nitrogens is 1. The van der Waals surface area contributed by atoms with Crippen LogP contribution in [-0.2, 0) is 28.9 Å². The van der Waals surface area contributed by atoms with Crippen molar-refractivity contribution >= 4 is 34.1 Å². The third-order valence-electron chi connectivity index (χ3n) is 5.17. The minimum atomic E-state index is -1.00. The second-order valence-electron chi connectivity index (χ2n) is 6.99. The van der Waals surface area contributed by atoms with Gasteiger partial charge in [0.15, 0.2) is 6.10 Å². The van der Waals surface area contributed by atoms with Crippen LogP contribution in [0.2, 0.25) is 0 Å². The van der Waals surface area contributed by atoms with E-state index in [1.54, 1.807) is 6.07 Å². The number of ether oxygens (including phenoxy) is 1. The molecule has 0 radical (unpaired) electrons. The highest BCUT2D eigenvalue weighted by Gasteiger charge is 2.28. The highest BCUT2D eigenvalue weighted by Crippen LogP contribution is 2.38. The summed E-state index contributed by atoms with van der Waals surface area (Å²) in [6.07, 6.45) is 1.65. The fourth-order valence-corrected chi connectivity index (χ4v) is 5.04. The molecular weight excluding hydrogens is 378 g/mol. The van der Waals surface area contributed by atoms with Crippen LogP contribution < -0.4 is 11.1 Å². The molecule has 3 rings (SSSR count). The number of nitrogens with one attached hydrogen (secondary N) is 1. The van der Waals surface area contributed by atoms with E-state index in [2.05, 4.69) is 5.32 Å². The van der Waals surface area contributed by atoms with Gasteiger partial charge in [0, 0.05) is 22.8 Å². The van der Waals surface area contributed by atoms with Gasteiger partial charge in [-0.15, -0.1) is 11.3 Å². The average Bonchev–Trinajstić information content (AvgIpc) is 3.27. The summed E-state index contributed by atoms with van der Waals surface area (Å²) >= 11 is 1.37. The molecule has 2 heterocycles. The van der Waals surface area contributed by atoms with E-state index in [0.717, 1.165) is 47.6 Å². The zero-order valence-electron chi connectivity index (χ0n) is 16.5. The van der Waals surface area contributed by atoms with Crippen LogP contribution in [0.5, 0.6) is 0 Å². The van der Waals surface area contributed by atoms with Crippen LogP contribution in [0, 0.1) is 13.8 Å². The highest BCUT2D eigenvalue weighted by molar-refractivity contribution is 7.17. The van der Waals surface area contributed by atoms with Crippen molar-refractivity contribution in [2.45, 2.75) is 59.6 Å². The largest absolute Gasteiger partial charge is 0.449 e. The van der Waals surface area contributed by atoms with Crippen molar-refractivity contribution in [1.29, 1.82) is 0 Å². The van der Waals surface area contributed by atoms with E-state index in [4.69, 9.17) is 10.5 Å². The van der Waals surface area contributed by atoms with Crippen LogP contribution in [0.3, 0.4) is 0 Å². The third-order valence-corrected chi connectivity index (χ3v) is 6.37. The van der Waals surface area contributed by atoms with Crippen LogP contribution in [0.25, 0.3) is 0 Å². The summed E-state index contributed by atoms with van der Waals surface area (Å²) in [5.41, 5.74) is 9.06. The number of anilines is 1. The number of aryl methyl sites for hydroxylation is 2. The maximum Gasteiger partial charge on any atom is 0.340 e. The number of primary amides is 1. The van der Waals surface area contributed by atoms with Crippen molar-refractivity contribution in [1.82, 2.24) is 4.57 Å². The molecule has 0 aromatic carbocycles. The maximum atomic E-state index is 12.6. The van der Waals surface area contributed by atoms with Gasteiger partial charge in [0.2, 0.25) is 0 Å². The molecule has 0 saturated carbocycles. The predicted molar refractivity (Wildman–Crippen MR) is 108 cm³/mol. The minimum absolute atomic E-state index is 0.385. The highest BCUT2D eigenvalue weighted by atomic mass is 32.1. The van der Waals surface area contributed by atoms with Gasteiger partial charge in [0.05, 0.1) is 11.1 Å². The second kappa shape index (κ2) is 7.79. The summed E-state index contributed by atoms with van der Waals surface area (Å²) in [4.78, 5) is 38.0. The summed E-state index contributed by atoms with van der Waals surface area (Å²) in [5, 5.41) is 3.16. The fourth-order valence-electron chi connectivity index (χ4n) is 3.74. The van der Waals surface area contributed by atoms with Crippen molar-refractivity contribution in [2.24, 2.45) is 5.73 Å². The molecule has 1 aliphatic carbocycles. The Hall–Kier alpha value is -2.61. The van der Waals surface area contributed by atoms with Gasteiger partial charge < -0.3 is 20.4 Å². The number of esters is 1. The lowest BCUT2D eigenvalue weighted by atomic mass is 10.1. The van der Waals surface area contributed by atoms with Gasteiger partial charge in [-0.05, 0) is 58.6 Å². The van der Waals surface area contributed by atoms with E-state index in [1.165, 1.54) is 18.3 Å². The molecule has 0 saturated heterocycles. The number of hydrogen-bond acceptors (Lipinski definition) is 5. The number of hydrogen-bond donors (Lipinski definition) is 2. The van der Waals surface area contributed by atoms with Crippen LogP contribution in [0.1, 0.15) is 62.8 Å². The van der Waals surface area contributed by atoms with E-state index in [0.29, 0.717) is 16.1 Å². The number of carbonyl (C=O) groups is 3. The fraction of sp³-hybridized carbons (Fsp3) is 0.450. The molecule has 7 nitrogen and oxygen atoms in total. The zero-order valence-corrected chi connectivity index (χ0v) is 17.4. The molecule has 0 unspecified atom stereocenters. The molecule has 150 valence electrons. The molecule has 3 N–H and O–H groups in total. The normalized spacial score (nSPS) is 13.9. The Morgan fingerprint density at radius 3 is 2.64 bits per heavy atom. The van der Waals surface area contributed by atoms with Crippen LogP contribution in [0.4, 0.5) is 5.00 Å². The van der Waals surface area contributed by atoms with E-state index < -0.39 is 23.9 Å². The number of nitrogens with zero attached hydrogens (tertiary/aromatic N) is 1. The number of fused-ring (bicyclic) bond motifs is 1. The molecule has 8 heteroatoms. The summed E-state index contributed by atoms with van der Waals surface area (Å²) in [5.74, 6) is -1.58. The SMILES string of the molecule is CCn1c(C)cc(C(=O)O[C@H](C)C(=O)Nc2sc3c(c2C(N)=O)CCC3)c1C. The Balaban J connectivity index is 1.72. The molecule has 2 amide bonds. The van der Waals surface area contributed by atoms with E-state index in [1.807, 2.05) is 25.3 Å². The van der Waals surface area contributed by atoms with Gasteiger partial charge in [-0.3, -0.25) is 9.59 Å². The second-order valence-corrected chi connectivity index (χ2v) is 8.10. The standard InChI is InChI=1S/C20H25N3O4S/c1-5-23-10(2)9-14(11(23)3)20(26)27-12(4)18(25)22-19-16(17(21)24)13-7-6-8-15(13)28-19/h9,12H,5-8H2,1-4H3,(H2,21,24)(H,22,25)/t12-/m1/s1. The van der Waals surface area contributed by atoms with Crippen LogP contribution in [-0.4, -0.2) is 28.5 Å². The molecule has 0 fully saturated rings. The minimum Gasteiger partial charge on any atom is -0.449 e. The first-order chi connectivity index (χ1) is 13.2. The van der Waals surface area contributed by atoms with E-state index >= 15 is 0 Å². The number of carbonyl (C=O) groups excluding carboxylic acids is 3. The number of amides is 2. The monoisotopic (exact) mass is 403 g/mol. The van der Waals surface area contributed by atoms with Crippen LogP contribution >= 0.6 is 11.3 Å². The lowest BCUT2D eigenvalue weighted by Gasteiger charge is -2.14. The van der Waals surface area contributed by atoms with Crippen molar-refractivity contribution in [2.75, 3.05) is 5.32 Å². The predicted octanol–water partition coefficient (Wildman–Crippen LogP) is 2.96.